The molecule has 0 amide bonds. The van der Waals surface area contributed by atoms with Crippen molar-refractivity contribution in [3.8, 4) is 23.0 Å². The van der Waals surface area contributed by atoms with Gasteiger partial charge in [0.25, 0.3) is 11.1 Å². The van der Waals surface area contributed by atoms with Crippen molar-refractivity contribution in [3.05, 3.63) is 242 Å². The van der Waals surface area contributed by atoms with Crippen molar-refractivity contribution in [2.45, 2.75) is 50.5 Å². The van der Waals surface area contributed by atoms with Crippen LogP contribution in [-0.2, 0) is 51.9 Å². The van der Waals surface area contributed by atoms with Crippen molar-refractivity contribution in [1.29, 1.82) is 0 Å². The lowest BCUT2D eigenvalue weighted by Gasteiger charge is -2.12. The van der Waals surface area contributed by atoms with Gasteiger partial charge in [-0.25, -0.2) is 19.6 Å². The number of hydrogen-bond donors (Lipinski definition) is 0. The third-order valence-corrected chi connectivity index (χ3v) is 14.0. The minimum absolute atomic E-state index is 0.0243. The Morgan fingerprint density at radius 3 is 1.55 bits per heavy atom. The standard InChI is InChI=1S/C29H22ClF3N4O5.C23H20F3N3O4.C7H6BrCl/c1-35-25-23(27(39)37(28(35)40)16-18-8-12-21(41-2)13-9-18)36(15-17-6-10-20(30)11-7-17)26(34-25)24(38)19-4-3-5-22(14-19)42-29(31,32)33;1-28-20-19(21(30)29(22(28)31)13-14-6-8-17(32-2)9-7-14)12-16(27-20)10-15-4-3-5-18(11-15)33-23(24,25)26;8-5-6-1-3-7(9)4-2-6/h3-14H,15-16H2,1-2H3;3-9,11H,10,12-13H2,1-2H3;1-4H,5H2. The predicted octanol–water partition coefficient (Wildman–Crippen LogP) is 11.4. The highest BCUT2D eigenvalue weighted by Crippen LogP contribution is 2.29. The van der Waals surface area contributed by atoms with Crippen LogP contribution in [0.4, 0.5) is 32.2 Å². The molecule has 0 saturated carbocycles. The van der Waals surface area contributed by atoms with Gasteiger partial charge in [-0.1, -0.05) is 112 Å². The topological polar surface area (TPSA) is 172 Å². The third kappa shape index (κ3) is 15.1. The molecule has 10 rings (SSSR count). The first-order valence-electron chi connectivity index (χ1n) is 25.1. The van der Waals surface area contributed by atoms with Gasteiger partial charge in [-0.15, -0.1) is 26.3 Å². The van der Waals surface area contributed by atoms with Crippen LogP contribution in [0.25, 0.3) is 11.2 Å². The fourth-order valence-corrected chi connectivity index (χ4v) is 9.44. The molecule has 0 unspecified atom stereocenters. The average Bonchev–Trinajstić information content (AvgIpc) is 1.84. The summed E-state index contributed by atoms with van der Waals surface area (Å²) >= 11 is 15.0. The van der Waals surface area contributed by atoms with Gasteiger partial charge >= 0.3 is 24.1 Å². The van der Waals surface area contributed by atoms with E-state index in [-0.39, 0.29) is 66.6 Å². The number of ether oxygens (including phenoxy) is 4. The van der Waals surface area contributed by atoms with E-state index < -0.39 is 46.8 Å². The Labute approximate surface area is 492 Å². The highest BCUT2D eigenvalue weighted by atomic mass is 79.9. The molecule has 84 heavy (non-hydrogen) atoms. The number of fused-ring (bicyclic) bond motifs is 2. The summed E-state index contributed by atoms with van der Waals surface area (Å²) in [6.07, 6.45) is -9.32. The van der Waals surface area contributed by atoms with Crippen LogP contribution in [0, 0.1) is 0 Å². The van der Waals surface area contributed by atoms with Crippen LogP contribution < -0.4 is 41.4 Å². The molecule has 0 radical (unpaired) electrons. The quantitative estimate of drug-likeness (QED) is 0.0546. The van der Waals surface area contributed by atoms with Crippen molar-refractivity contribution in [1.82, 2.24) is 27.8 Å². The molecule has 0 aliphatic carbocycles. The maximum Gasteiger partial charge on any atom is 0.573 e. The third-order valence-electron chi connectivity index (χ3n) is 12.9. The molecule has 0 saturated heterocycles. The van der Waals surface area contributed by atoms with Gasteiger partial charge in [-0.3, -0.25) is 32.7 Å². The van der Waals surface area contributed by atoms with Gasteiger partial charge in [0.2, 0.25) is 5.78 Å². The van der Waals surface area contributed by atoms with Crippen LogP contribution in [-0.4, -0.2) is 66.3 Å². The van der Waals surface area contributed by atoms with Gasteiger partial charge in [-0.2, -0.15) is 0 Å². The number of hydrogen-bond acceptors (Lipinski definition) is 11. The number of carbonyl (C=O) groups excluding carboxylic acids is 1. The van der Waals surface area contributed by atoms with Gasteiger partial charge < -0.3 is 23.5 Å². The molecule has 436 valence electrons. The molecule has 4 heterocycles. The normalized spacial score (nSPS) is 11.9. The zero-order valence-corrected chi connectivity index (χ0v) is 47.9. The first-order chi connectivity index (χ1) is 39.9. The SMILES string of the molecule is COc1ccc(Cn2c(=O)c3c(n(C)c2=O)N=C(Cc2cccc(OC(F)(F)F)c2)C3)cc1.COc1ccc(Cn2c(=O)c3c(nc(C(=O)c4cccc(OC(F)(F)F)c4)n3Cc3ccc(Cl)cc3)n(C)c2=O)cc1.Clc1ccc(CBr)cc1. The van der Waals surface area contributed by atoms with Gasteiger partial charge in [0.15, 0.2) is 17.0 Å². The Morgan fingerprint density at radius 2 is 1.04 bits per heavy atom. The second-order valence-electron chi connectivity index (χ2n) is 18.7. The monoisotopic (exact) mass is 1260 g/mol. The lowest BCUT2D eigenvalue weighted by Crippen LogP contribution is -2.40. The maximum atomic E-state index is 13.9. The van der Waals surface area contributed by atoms with Gasteiger partial charge in [0.05, 0.1) is 39.4 Å². The predicted molar refractivity (Wildman–Crippen MR) is 308 cm³/mol. The number of rotatable bonds is 15. The molecule has 0 spiro atoms. The number of aryl methyl sites for hydroxylation is 1. The van der Waals surface area contributed by atoms with E-state index in [1.165, 1.54) is 66.2 Å². The lowest BCUT2D eigenvalue weighted by molar-refractivity contribution is -0.275. The Kier molecular flexibility index (Phi) is 19.2. The Balaban J connectivity index is 0.000000194. The summed E-state index contributed by atoms with van der Waals surface area (Å²) in [5.41, 5.74) is 2.26. The van der Waals surface area contributed by atoms with Crippen molar-refractivity contribution < 1.29 is 50.1 Å². The highest BCUT2D eigenvalue weighted by Gasteiger charge is 2.33. The highest BCUT2D eigenvalue weighted by molar-refractivity contribution is 9.08. The molecule has 1 aliphatic rings. The minimum Gasteiger partial charge on any atom is -0.497 e. The van der Waals surface area contributed by atoms with Crippen molar-refractivity contribution in [2.75, 3.05) is 14.2 Å². The number of halogens is 9. The summed E-state index contributed by atoms with van der Waals surface area (Å²) in [7, 11) is 6.02. The molecule has 6 aromatic carbocycles. The van der Waals surface area contributed by atoms with E-state index in [2.05, 4.69) is 35.4 Å². The smallest absolute Gasteiger partial charge is 0.497 e. The molecule has 1 aliphatic heterocycles. The van der Waals surface area contributed by atoms with E-state index in [1.807, 2.05) is 24.3 Å². The van der Waals surface area contributed by atoms with E-state index in [0.29, 0.717) is 44.5 Å². The van der Waals surface area contributed by atoms with E-state index in [1.54, 1.807) is 86.0 Å². The first-order valence-corrected chi connectivity index (χ1v) is 26.9. The average molecular weight is 1260 g/mol. The van der Waals surface area contributed by atoms with Crippen LogP contribution in [0.5, 0.6) is 23.0 Å². The van der Waals surface area contributed by atoms with E-state index >= 15 is 0 Å². The lowest BCUT2D eigenvalue weighted by atomic mass is 10.0. The van der Waals surface area contributed by atoms with Gasteiger partial charge in [0, 0.05) is 53.6 Å². The molecule has 0 bridgehead atoms. The van der Waals surface area contributed by atoms with Crippen LogP contribution in [0.2, 0.25) is 10.0 Å². The van der Waals surface area contributed by atoms with Crippen LogP contribution in [0.3, 0.4) is 0 Å². The van der Waals surface area contributed by atoms with Gasteiger partial charge in [0.1, 0.15) is 28.8 Å². The fourth-order valence-electron chi connectivity index (χ4n) is 8.81. The minimum atomic E-state index is -4.96. The van der Waals surface area contributed by atoms with Crippen LogP contribution >= 0.6 is 39.1 Å². The van der Waals surface area contributed by atoms with Crippen LogP contribution in [0.15, 0.2) is 170 Å². The van der Waals surface area contributed by atoms with E-state index in [4.69, 9.17) is 32.7 Å². The number of aromatic nitrogens is 6. The summed E-state index contributed by atoms with van der Waals surface area (Å²) < 4.78 is 100. The molecule has 0 N–H and O–H groups in total. The summed E-state index contributed by atoms with van der Waals surface area (Å²) in [5, 5.41) is 2.15. The van der Waals surface area contributed by atoms with E-state index in [0.717, 1.165) is 41.8 Å². The zero-order chi connectivity index (χ0) is 60.6. The first kappa shape index (κ1) is 61.4. The number of carbonyl (C=O) groups is 1. The summed E-state index contributed by atoms with van der Waals surface area (Å²) in [5.74, 6) is -0.416. The number of nitrogens with zero attached hydrogens (tertiary/aromatic N) is 7. The molecule has 16 nitrogen and oxygen atoms in total. The molecular weight excluding hydrogens is 1220 g/mol. The van der Waals surface area contributed by atoms with Crippen molar-refractivity contribution in [3.63, 3.8) is 0 Å². The molecule has 25 heteroatoms. The molecule has 3 aromatic heterocycles. The summed E-state index contributed by atoms with van der Waals surface area (Å²) in [4.78, 5) is 75.5. The fraction of sp³-hybridized carbons (Fsp3) is 0.203. The number of benzene rings is 6. The maximum absolute atomic E-state index is 13.9. The number of methoxy groups -OCH3 is 2. The molecule has 9 aromatic rings. The summed E-state index contributed by atoms with van der Waals surface area (Å²) in [6.45, 7) is -0.00389. The van der Waals surface area contributed by atoms with Crippen molar-refractivity contribution >= 4 is 67.6 Å². The van der Waals surface area contributed by atoms with Gasteiger partial charge in [-0.05, 0) is 101 Å². The number of imidazole rings is 1. The summed E-state index contributed by atoms with van der Waals surface area (Å²) in [6, 6.07) is 38.4. The zero-order valence-electron chi connectivity index (χ0n) is 44.8. The Hall–Kier alpha value is -8.67. The largest absolute Gasteiger partial charge is 0.573 e. The van der Waals surface area contributed by atoms with Crippen LogP contribution in [0.1, 0.15) is 49.6 Å². The Morgan fingerprint density at radius 1 is 0.571 bits per heavy atom. The molecule has 0 atom stereocenters. The van der Waals surface area contributed by atoms with Crippen molar-refractivity contribution in [2.24, 2.45) is 19.1 Å². The number of aliphatic imine (C=N–C) groups is 1. The second-order valence-corrected chi connectivity index (χ2v) is 20.1. The number of ketones is 1. The van der Waals surface area contributed by atoms with E-state index in [9.17, 15) is 50.3 Å². The molecular formula is C59H48BrCl2F6N7O9. The second kappa shape index (κ2) is 26.3. The number of alkyl halides is 7. The molecule has 0 fully saturated rings. The Bertz CT molecular complexity index is 4150.